The van der Waals surface area contributed by atoms with Crippen LogP contribution in [-0.4, -0.2) is 29.0 Å². The number of thioether (sulfide) groups is 1. The number of benzene rings is 2. The molecule has 8 heteroatoms. The van der Waals surface area contributed by atoms with Gasteiger partial charge in [0.25, 0.3) is 5.22 Å². The Bertz CT molecular complexity index is 882. The van der Waals surface area contributed by atoms with Crippen molar-refractivity contribution in [3.8, 4) is 5.75 Å². The molecule has 0 aliphatic carbocycles. The smallest absolute Gasteiger partial charge is 0.277 e. The van der Waals surface area contributed by atoms with Crippen LogP contribution in [0.2, 0.25) is 5.02 Å². The van der Waals surface area contributed by atoms with Gasteiger partial charge >= 0.3 is 0 Å². The summed E-state index contributed by atoms with van der Waals surface area (Å²) >= 11 is 7.05. The number of nitrogens with one attached hydrogen (secondary N) is 1. The molecule has 0 radical (unpaired) electrons. The molecule has 0 saturated carbocycles. The van der Waals surface area contributed by atoms with Gasteiger partial charge in [-0.25, -0.2) is 0 Å². The lowest BCUT2D eigenvalue weighted by Gasteiger charge is -2.04. The zero-order valence-corrected chi connectivity index (χ0v) is 16.2. The fourth-order valence-electron chi connectivity index (χ4n) is 2.27. The molecule has 1 heterocycles. The van der Waals surface area contributed by atoms with Crippen LogP contribution >= 0.6 is 23.4 Å². The Labute approximate surface area is 166 Å². The summed E-state index contributed by atoms with van der Waals surface area (Å²) in [5.74, 6) is 1.40. The van der Waals surface area contributed by atoms with Crippen LogP contribution in [0, 0.1) is 0 Å². The second-order valence-electron chi connectivity index (χ2n) is 5.68. The summed E-state index contributed by atoms with van der Waals surface area (Å²) in [6, 6.07) is 15.0. The number of nitrogens with zero attached hydrogens (tertiary/aromatic N) is 2. The summed E-state index contributed by atoms with van der Waals surface area (Å²) in [4.78, 5) is 12.0. The minimum absolute atomic E-state index is 0.107. The highest BCUT2D eigenvalue weighted by Gasteiger charge is 2.10. The first kappa shape index (κ1) is 19.3. The molecule has 3 rings (SSSR count). The fourth-order valence-corrected chi connectivity index (χ4v) is 3.00. The summed E-state index contributed by atoms with van der Waals surface area (Å²) in [6.45, 7) is 0.448. The number of hydrogen-bond acceptors (Lipinski definition) is 6. The minimum atomic E-state index is -0.107. The standard InChI is InChI=1S/C19H18ClN3O3S/c1-25-16-8-4-13(5-9-16)10-18-22-23-19(26-18)27-12-17(24)21-11-14-2-6-15(20)7-3-14/h2-9H,10-12H2,1H3,(H,21,24). The Morgan fingerprint density at radius 3 is 2.52 bits per heavy atom. The van der Waals surface area contributed by atoms with Gasteiger partial charge in [0.2, 0.25) is 11.8 Å². The van der Waals surface area contributed by atoms with Crippen LogP contribution in [0.5, 0.6) is 5.75 Å². The van der Waals surface area contributed by atoms with Gasteiger partial charge in [0, 0.05) is 11.6 Å². The number of ether oxygens (including phenoxy) is 1. The van der Waals surface area contributed by atoms with E-state index in [0.29, 0.717) is 29.1 Å². The van der Waals surface area contributed by atoms with E-state index in [2.05, 4.69) is 15.5 Å². The molecule has 0 atom stereocenters. The number of aromatic nitrogens is 2. The summed E-state index contributed by atoms with van der Waals surface area (Å²) in [5.41, 5.74) is 2.02. The molecule has 1 amide bonds. The molecular weight excluding hydrogens is 386 g/mol. The number of carbonyl (C=O) groups is 1. The predicted molar refractivity (Wildman–Crippen MR) is 104 cm³/mol. The van der Waals surface area contributed by atoms with E-state index in [4.69, 9.17) is 20.8 Å². The van der Waals surface area contributed by atoms with Crippen molar-refractivity contribution in [1.29, 1.82) is 0 Å². The van der Waals surface area contributed by atoms with E-state index in [0.717, 1.165) is 16.9 Å². The van der Waals surface area contributed by atoms with Crippen LogP contribution < -0.4 is 10.1 Å². The van der Waals surface area contributed by atoms with Gasteiger partial charge < -0.3 is 14.5 Å². The third-order valence-electron chi connectivity index (χ3n) is 3.69. The summed E-state index contributed by atoms with van der Waals surface area (Å²) in [6.07, 6.45) is 0.528. The molecule has 1 aromatic heterocycles. The number of halogens is 1. The fraction of sp³-hybridized carbons (Fsp3) is 0.211. The average molecular weight is 404 g/mol. The average Bonchev–Trinajstić information content (AvgIpc) is 3.14. The molecule has 2 aromatic carbocycles. The molecule has 140 valence electrons. The zero-order valence-electron chi connectivity index (χ0n) is 14.6. The van der Waals surface area contributed by atoms with Gasteiger partial charge in [0.15, 0.2) is 0 Å². The van der Waals surface area contributed by atoms with Gasteiger partial charge in [-0.3, -0.25) is 4.79 Å². The Balaban J connectivity index is 1.44. The Kier molecular flexibility index (Phi) is 6.73. The van der Waals surface area contributed by atoms with Crippen LogP contribution in [0.3, 0.4) is 0 Å². The summed E-state index contributed by atoms with van der Waals surface area (Å²) in [7, 11) is 1.63. The topological polar surface area (TPSA) is 77.2 Å². The monoisotopic (exact) mass is 403 g/mol. The first-order chi connectivity index (χ1) is 13.1. The van der Waals surface area contributed by atoms with E-state index < -0.39 is 0 Å². The first-order valence-electron chi connectivity index (χ1n) is 8.21. The quantitative estimate of drug-likeness (QED) is 0.577. The molecule has 27 heavy (non-hydrogen) atoms. The van der Waals surface area contributed by atoms with Crippen molar-refractivity contribution in [3.05, 3.63) is 70.6 Å². The number of carbonyl (C=O) groups excluding carboxylic acids is 1. The Morgan fingerprint density at radius 2 is 1.81 bits per heavy atom. The van der Waals surface area contributed by atoms with Crippen molar-refractivity contribution in [2.75, 3.05) is 12.9 Å². The predicted octanol–water partition coefficient (Wildman–Crippen LogP) is 3.73. The van der Waals surface area contributed by atoms with E-state index in [1.54, 1.807) is 19.2 Å². The lowest BCUT2D eigenvalue weighted by atomic mass is 10.1. The summed E-state index contributed by atoms with van der Waals surface area (Å²) < 4.78 is 10.7. The van der Waals surface area contributed by atoms with Crippen molar-refractivity contribution < 1.29 is 13.9 Å². The van der Waals surface area contributed by atoms with Crippen LogP contribution in [-0.2, 0) is 17.8 Å². The van der Waals surface area contributed by atoms with E-state index in [1.165, 1.54) is 11.8 Å². The number of hydrogen-bond donors (Lipinski definition) is 1. The molecule has 0 aliphatic heterocycles. The third kappa shape index (κ3) is 6.01. The first-order valence-corrected chi connectivity index (χ1v) is 9.58. The largest absolute Gasteiger partial charge is 0.497 e. The highest BCUT2D eigenvalue weighted by Crippen LogP contribution is 2.19. The van der Waals surface area contributed by atoms with Crippen LogP contribution in [0.25, 0.3) is 0 Å². The van der Waals surface area contributed by atoms with E-state index in [9.17, 15) is 4.79 Å². The van der Waals surface area contributed by atoms with Crippen molar-refractivity contribution in [1.82, 2.24) is 15.5 Å². The van der Waals surface area contributed by atoms with Gasteiger partial charge in [-0.2, -0.15) is 0 Å². The normalized spacial score (nSPS) is 10.6. The molecule has 3 aromatic rings. The van der Waals surface area contributed by atoms with Gasteiger partial charge in [-0.15, -0.1) is 10.2 Å². The molecule has 1 N–H and O–H groups in total. The van der Waals surface area contributed by atoms with Crippen LogP contribution in [0.15, 0.2) is 58.2 Å². The number of amides is 1. The van der Waals surface area contributed by atoms with Gasteiger partial charge in [-0.05, 0) is 35.4 Å². The maximum atomic E-state index is 12.0. The van der Waals surface area contributed by atoms with Crippen LogP contribution in [0.4, 0.5) is 0 Å². The zero-order chi connectivity index (χ0) is 19.1. The maximum Gasteiger partial charge on any atom is 0.277 e. The van der Waals surface area contributed by atoms with E-state index in [-0.39, 0.29) is 11.7 Å². The van der Waals surface area contributed by atoms with Gasteiger partial charge in [-0.1, -0.05) is 47.6 Å². The van der Waals surface area contributed by atoms with Crippen molar-refractivity contribution in [2.45, 2.75) is 18.2 Å². The number of rotatable bonds is 8. The molecule has 0 aliphatic rings. The van der Waals surface area contributed by atoms with Crippen molar-refractivity contribution >= 4 is 29.3 Å². The van der Waals surface area contributed by atoms with Gasteiger partial charge in [0.1, 0.15) is 5.75 Å². The molecule has 6 nitrogen and oxygen atoms in total. The van der Waals surface area contributed by atoms with E-state index >= 15 is 0 Å². The summed E-state index contributed by atoms with van der Waals surface area (Å²) in [5, 5.41) is 11.9. The lowest BCUT2D eigenvalue weighted by molar-refractivity contribution is -0.118. The Morgan fingerprint density at radius 1 is 1.11 bits per heavy atom. The highest BCUT2D eigenvalue weighted by atomic mass is 35.5. The third-order valence-corrected chi connectivity index (χ3v) is 4.76. The molecule has 0 bridgehead atoms. The Hall–Kier alpha value is -2.51. The lowest BCUT2D eigenvalue weighted by Crippen LogP contribution is -2.24. The molecule has 0 spiro atoms. The second-order valence-corrected chi connectivity index (χ2v) is 7.04. The highest BCUT2D eigenvalue weighted by molar-refractivity contribution is 7.99. The second kappa shape index (κ2) is 9.43. The molecule has 0 unspecified atom stereocenters. The van der Waals surface area contributed by atoms with Crippen molar-refractivity contribution in [2.24, 2.45) is 0 Å². The molecular formula is C19H18ClN3O3S. The maximum absolute atomic E-state index is 12.0. The van der Waals surface area contributed by atoms with E-state index in [1.807, 2.05) is 36.4 Å². The van der Waals surface area contributed by atoms with Gasteiger partial charge in [0.05, 0.1) is 19.3 Å². The SMILES string of the molecule is COc1ccc(Cc2nnc(SCC(=O)NCc3ccc(Cl)cc3)o2)cc1. The van der Waals surface area contributed by atoms with Crippen molar-refractivity contribution in [3.63, 3.8) is 0 Å². The molecule has 0 fully saturated rings. The van der Waals surface area contributed by atoms with Crippen LogP contribution in [0.1, 0.15) is 17.0 Å². The molecule has 0 saturated heterocycles. The number of methoxy groups -OCH3 is 1. The minimum Gasteiger partial charge on any atom is -0.497 e.